The number of aryl methyl sites for hydroxylation is 2. The highest BCUT2D eigenvalue weighted by Gasteiger charge is 2.33. The lowest BCUT2D eigenvalue weighted by molar-refractivity contribution is -0.385. The highest BCUT2D eigenvalue weighted by Crippen LogP contribution is 2.36. The lowest BCUT2D eigenvalue weighted by Gasteiger charge is -2.19. The summed E-state index contributed by atoms with van der Waals surface area (Å²) >= 11 is 0. The van der Waals surface area contributed by atoms with E-state index in [0.717, 1.165) is 23.7 Å². The van der Waals surface area contributed by atoms with Gasteiger partial charge in [-0.15, -0.1) is 0 Å². The SMILES string of the molecule is Cc1ccc2c(c1)C(NC(=O)c1c([N+](=O)[O-])cnn1C)C(C)C2. The number of carbonyl (C=O) groups excluding carboxylic acids is 1. The molecule has 0 radical (unpaired) electrons. The van der Waals surface area contributed by atoms with Gasteiger partial charge < -0.3 is 5.32 Å². The van der Waals surface area contributed by atoms with Crippen LogP contribution < -0.4 is 5.32 Å². The molecule has 7 nitrogen and oxygen atoms in total. The smallest absolute Gasteiger partial charge is 0.320 e. The van der Waals surface area contributed by atoms with Crippen LogP contribution in [0.15, 0.2) is 24.4 Å². The summed E-state index contributed by atoms with van der Waals surface area (Å²) in [5.41, 5.74) is 3.13. The Morgan fingerprint density at radius 1 is 1.48 bits per heavy atom. The van der Waals surface area contributed by atoms with Gasteiger partial charge in [-0.05, 0) is 30.4 Å². The monoisotopic (exact) mass is 314 g/mol. The van der Waals surface area contributed by atoms with Gasteiger partial charge in [-0.25, -0.2) is 0 Å². The van der Waals surface area contributed by atoms with E-state index >= 15 is 0 Å². The fourth-order valence-corrected chi connectivity index (χ4v) is 3.21. The van der Waals surface area contributed by atoms with Crippen LogP contribution >= 0.6 is 0 Å². The van der Waals surface area contributed by atoms with Gasteiger partial charge in [0.15, 0.2) is 0 Å². The third-order valence-electron chi connectivity index (χ3n) is 4.37. The van der Waals surface area contributed by atoms with Gasteiger partial charge in [0.2, 0.25) is 5.69 Å². The Hall–Kier alpha value is -2.70. The average molecular weight is 314 g/mol. The standard InChI is InChI=1S/C16H18N4O3/c1-9-4-5-11-7-10(2)14(12(11)6-9)18-16(21)15-13(20(22)23)8-17-19(15)3/h4-6,8,10,14H,7H2,1-3H3,(H,18,21). The molecule has 120 valence electrons. The molecule has 1 heterocycles. The quantitative estimate of drug-likeness (QED) is 0.695. The minimum absolute atomic E-state index is 0.0247. The van der Waals surface area contributed by atoms with E-state index in [9.17, 15) is 14.9 Å². The van der Waals surface area contributed by atoms with Gasteiger partial charge in [-0.3, -0.25) is 19.6 Å². The van der Waals surface area contributed by atoms with Crippen molar-refractivity contribution in [3.8, 4) is 0 Å². The number of nitro groups is 1. The van der Waals surface area contributed by atoms with Gasteiger partial charge in [0.25, 0.3) is 5.91 Å². The lowest BCUT2D eigenvalue weighted by atomic mass is 10.0. The number of hydrogen-bond donors (Lipinski definition) is 1. The van der Waals surface area contributed by atoms with Crippen molar-refractivity contribution in [1.29, 1.82) is 0 Å². The minimum Gasteiger partial charge on any atom is -0.343 e. The molecule has 1 amide bonds. The first kappa shape index (κ1) is 15.2. The van der Waals surface area contributed by atoms with E-state index in [4.69, 9.17) is 0 Å². The zero-order chi connectivity index (χ0) is 16.7. The normalized spacial score (nSPS) is 19.4. The second-order valence-corrected chi connectivity index (χ2v) is 6.09. The number of hydrogen-bond acceptors (Lipinski definition) is 4. The first-order valence-corrected chi connectivity index (χ1v) is 7.45. The van der Waals surface area contributed by atoms with Crippen LogP contribution in [0.5, 0.6) is 0 Å². The maximum Gasteiger partial charge on any atom is 0.320 e. The van der Waals surface area contributed by atoms with Crippen molar-refractivity contribution in [3.05, 3.63) is 56.9 Å². The van der Waals surface area contributed by atoms with E-state index in [1.54, 1.807) is 0 Å². The Morgan fingerprint density at radius 2 is 2.22 bits per heavy atom. The van der Waals surface area contributed by atoms with Gasteiger partial charge in [0, 0.05) is 7.05 Å². The average Bonchev–Trinajstić information content (AvgIpc) is 3.01. The molecule has 0 saturated heterocycles. The summed E-state index contributed by atoms with van der Waals surface area (Å²) < 4.78 is 1.24. The van der Waals surface area contributed by atoms with Crippen LogP contribution in [0.4, 0.5) is 5.69 Å². The molecule has 0 bridgehead atoms. The topological polar surface area (TPSA) is 90.1 Å². The van der Waals surface area contributed by atoms with E-state index in [2.05, 4.69) is 35.5 Å². The molecular weight excluding hydrogens is 296 g/mol. The molecule has 1 aliphatic rings. The maximum atomic E-state index is 12.6. The zero-order valence-electron chi connectivity index (χ0n) is 13.2. The number of fused-ring (bicyclic) bond motifs is 1. The summed E-state index contributed by atoms with van der Waals surface area (Å²) in [6, 6.07) is 6.06. The molecule has 1 aliphatic carbocycles. The number of nitrogens with zero attached hydrogens (tertiary/aromatic N) is 3. The molecule has 2 unspecified atom stereocenters. The third-order valence-corrected chi connectivity index (χ3v) is 4.37. The molecule has 0 aliphatic heterocycles. The predicted octanol–water partition coefficient (Wildman–Crippen LogP) is 2.30. The van der Waals surface area contributed by atoms with E-state index in [1.807, 2.05) is 6.92 Å². The van der Waals surface area contributed by atoms with Crippen molar-refractivity contribution in [2.24, 2.45) is 13.0 Å². The third kappa shape index (κ3) is 2.58. The molecular formula is C16H18N4O3. The van der Waals surface area contributed by atoms with Gasteiger partial charge in [-0.1, -0.05) is 30.7 Å². The van der Waals surface area contributed by atoms with Gasteiger partial charge in [0.1, 0.15) is 6.20 Å². The highest BCUT2D eigenvalue weighted by atomic mass is 16.6. The van der Waals surface area contributed by atoms with Crippen molar-refractivity contribution >= 4 is 11.6 Å². The number of carbonyl (C=O) groups is 1. The molecule has 1 aromatic heterocycles. The summed E-state index contributed by atoms with van der Waals surface area (Å²) in [5, 5.41) is 17.8. The van der Waals surface area contributed by atoms with Crippen LogP contribution in [0.1, 0.15) is 40.1 Å². The van der Waals surface area contributed by atoms with Crippen molar-refractivity contribution < 1.29 is 9.72 Å². The number of amides is 1. The Bertz CT molecular complexity index is 797. The summed E-state index contributed by atoms with van der Waals surface area (Å²) in [5.74, 6) is -0.231. The number of aromatic nitrogens is 2. The molecule has 2 aromatic rings. The van der Waals surface area contributed by atoms with Crippen LogP contribution in [0, 0.1) is 23.0 Å². The molecule has 0 fully saturated rings. The Labute approximate surface area is 133 Å². The van der Waals surface area contributed by atoms with E-state index in [0.29, 0.717) is 0 Å². The van der Waals surface area contributed by atoms with Crippen LogP contribution in [0.25, 0.3) is 0 Å². The number of benzene rings is 1. The summed E-state index contributed by atoms with van der Waals surface area (Å²) in [6.07, 6.45) is 1.99. The molecule has 7 heteroatoms. The summed E-state index contributed by atoms with van der Waals surface area (Å²) in [6.45, 7) is 4.08. The highest BCUT2D eigenvalue weighted by molar-refractivity contribution is 5.96. The van der Waals surface area contributed by atoms with Gasteiger partial charge in [-0.2, -0.15) is 5.10 Å². The molecule has 0 spiro atoms. The van der Waals surface area contributed by atoms with Crippen LogP contribution in [0.3, 0.4) is 0 Å². The molecule has 0 saturated carbocycles. The number of rotatable bonds is 3. The maximum absolute atomic E-state index is 12.6. The first-order valence-electron chi connectivity index (χ1n) is 7.45. The fourth-order valence-electron chi connectivity index (χ4n) is 3.21. The second kappa shape index (κ2) is 5.49. The van der Waals surface area contributed by atoms with Crippen molar-refractivity contribution in [2.75, 3.05) is 0 Å². The summed E-state index contributed by atoms with van der Waals surface area (Å²) in [7, 11) is 1.53. The van der Waals surface area contributed by atoms with Crippen molar-refractivity contribution in [3.63, 3.8) is 0 Å². The fraction of sp³-hybridized carbons (Fsp3) is 0.375. The summed E-state index contributed by atoms with van der Waals surface area (Å²) in [4.78, 5) is 23.0. The minimum atomic E-state index is -0.585. The van der Waals surface area contributed by atoms with E-state index in [1.165, 1.54) is 17.3 Å². The molecule has 2 atom stereocenters. The van der Waals surface area contributed by atoms with Crippen LogP contribution in [-0.2, 0) is 13.5 Å². The second-order valence-electron chi connectivity index (χ2n) is 6.09. The Balaban J connectivity index is 1.91. The van der Waals surface area contributed by atoms with Crippen molar-refractivity contribution in [1.82, 2.24) is 15.1 Å². The largest absolute Gasteiger partial charge is 0.343 e. The van der Waals surface area contributed by atoms with Crippen molar-refractivity contribution in [2.45, 2.75) is 26.3 Å². The van der Waals surface area contributed by atoms with Crippen LogP contribution in [0.2, 0.25) is 0 Å². The zero-order valence-corrected chi connectivity index (χ0v) is 13.2. The van der Waals surface area contributed by atoms with Crippen LogP contribution in [-0.4, -0.2) is 20.6 Å². The molecule has 1 N–H and O–H groups in total. The van der Waals surface area contributed by atoms with Gasteiger partial charge >= 0.3 is 5.69 Å². The first-order chi connectivity index (χ1) is 10.9. The Kier molecular flexibility index (Phi) is 3.63. The lowest BCUT2D eigenvalue weighted by Crippen LogP contribution is -2.32. The van der Waals surface area contributed by atoms with E-state index < -0.39 is 10.8 Å². The predicted molar refractivity (Wildman–Crippen MR) is 84.1 cm³/mol. The number of nitrogens with one attached hydrogen (secondary N) is 1. The molecule has 23 heavy (non-hydrogen) atoms. The van der Waals surface area contributed by atoms with Gasteiger partial charge in [0.05, 0.1) is 11.0 Å². The molecule has 3 rings (SSSR count). The van der Waals surface area contributed by atoms with E-state index in [-0.39, 0.29) is 23.3 Å². The Morgan fingerprint density at radius 3 is 2.91 bits per heavy atom. The molecule has 1 aromatic carbocycles.